The summed E-state index contributed by atoms with van der Waals surface area (Å²) in [6.07, 6.45) is 6.88. The molecule has 1 aliphatic rings. The van der Waals surface area contributed by atoms with Crippen molar-refractivity contribution in [3.05, 3.63) is 22.4 Å². The minimum atomic E-state index is 0.398. The molecule has 0 saturated heterocycles. The molecule has 17 heavy (non-hydrogen) atoms. The molecule has 1 N–H and O–H groups in total. The topological polar surface area (TPSA) is 15.3 Å². The zero-order chi connectivity index (χ0) is 12.1. The Morgan fingerprint density at radius 1 is 1.29 bits per heavy atom. The summed E-state index contributed by atoms with van der Waals surface area (Å²) in [7, 11) is 4.47. The average molecular weight is 252 g/mol. The second kappa shape index (κ2) is 5.98. The summed E-state index contributed by atoms with van der Waals surface area (Å²) in [4.78, 5) is 3.88. The summed E-state index contributed by atoms with van der Waals surface area (Å²) in [6.45, 7) is 2.14. The fourth-order valence-corrected chi connectivity index (χ4v) is 3.50. The Morgan fingerprint density at radius 3 is 2.65 bits per heavy atom. The highest BCUT2D eigenvalue weighted by atomic mass is 32.1. The van der Waals surface area contributed by atoms with E-state index in [1.807, 2.05) is 11.3 Å². The molecule has 0 aliphatic heterocycles. The molecule has 1 aromatic rings. The fourth-order valence-electron chi connectivity index (χ4n) is 2.82. The van der Waals surface area contributed by atoms with Gasteiger partial charge in [0.15, 0.2) is 0 Å². The van der Waals surface area contributed by atoms with Crippen molar-refractivity contribution in [3.8, 4) is 0 Å². The second-order valence-corrected chi connectivity index (χ2v) is 6.39. The molecular weight excluding hydrogens is 228 g/mol. The smallest absolute Gasteiger partial charge is 0.0328 e. The van der Waals surface area contributed by atoms with Crippen molar-refractivity contribution in [1.82, 2.24) is 10.2 Å². The molecule has 1 aromatic heterocycles. The largest absolute Gasteiger partial charge is 0.310 e. The maximum atomic E-state index is 3.65. The minimum absolute atomic E-state index is 0.398. The van der Waals surface area contributed by atoms with Crippen molar-refractivity contribution in [2.75, 3.05) is 20.6 Å². The van der Waals surface area contributed by atoms with Crippen molar-refractivity contribution < 1.29 is 0 Å². The maximum Gasteiger partial charge on any atom is 0.0328 e. The Morgan fingerprint density at radius 2 is 2.06 bits per heavy atom. The van der Waals surface area contributed by atoms with E-state index in [2.05, 4.69) is 41.8 Å². The molecule has 2 nitrogen and oxygen atoms in total. The summed E-state index contributed by atoms with van der Waals surface area (Å²) in [5.41, 5.74) is 0.398. The van der Waals surface area contributed by atoms with Crippen LogP contribution in [0, 0.1) is 0 Å². The van der Waals surface area contributed by atoms with Crippen LogP contribution in [-0.2, 0) is 6.54 Å². The number of nitrogens with one attached hydrogen (secondary N) is 1. The van der Waals surface area contributed by atoms with E-state index in [-0.39, 0.29) is 0 Å². The number of likely N-dealkylation sites (N-methyl/N-ethyl adjacent to an activating group) is 1. The number of hydrogen-bond acceptors (Lipinski definition) is 3. The van der Waals surface area contributed by atoms with Crippen LogP contribution in [0.5, 0.6) is 0 Å². The first kappa shape index (κ1) is 13.1. The van der Waals surface area contributed by atoms with E-state index in [0.717, 1.165) is 13.1 Å². The Bertz CT molecular complexity index is 313. The van der Waals surface area contributed by atoms with E-state index in [9.17, 15) is 0 Å². The van der Waals surface area contributed by atoms with Crippen LogP contribution >= 0.6 is 11.3 Å². The lowest BCUT2D eigenvalue weighted by Crippen LogP contribution is -2.52. The lowest BCUT2D eigenvalue weighted by molar-refractivity contribution is 0.0985. The fraction of sp³-hybridized carbons (Fsp3) is 0.714. The standard InChI is InChI=1S/C14H24N2S/c1-16(2)14(8-4-3-5-9-14)12-15-11-13-7-6-10-17-13/h6-7,10,15H,3-5,8-9,11-12H2,1-2H3. The molecule has 3 heteroatoms. The highest BCUT2D eigenvalue weighted by molar-refractivity contribution is 7.09. The zero-order valence-electron chi connectivity index (χ0n) is 11.0. The lowest BCUT2D eigenvalue weighted by atomic mass is 9.80. The third-order valence-corrected chi connectivity index (χ3v) is 4.94. The van der Waals surface area contributed by atoms with E-state index in [4.69, 9.17) is 0 Å². The maximum absolute atomic E-state index is 3.65. The summed E-state index contributed by atoms with van der Waals surface area (Å²) in [5, 5.41) is 5.80. The van der Waals surface area contributed by atoms with Crippen molar-refractivity contribution in [2.45, 2.75) is 44.2 Å². The molecule has 1 heterocycles. The van der Waals surface area contributed by atoms with Crippen LogP contribution in [-0.4, -0.2) is 31.1 Å². The van der Waals surface area contributed by atoms with Crippen LogP contribution in [0.4, 0.5) is 0 Å². The van der Waals surface area contributed by atoms with Gasteiger partial charge in [-0.2, -0.15) is 0 Å². The molecule has 0 unspecified atom stereocenters. The molecule has 0 radical (unpaired) electrons. The highest BCUT2D eigenvalue weighted by Crippen LogP contribution is 2.31. The quantitative estimate of drug-likeness (QED) is 0.866. The second-order valence-electron chi connectivity index (χ2n) is 5.36. The summed E-state index contributed by atoms with van der Waals surface area (Å²) >= 11 is 1.84. The average Bonchev–Trinajstić information content (AvgIpc) is 2.83. The molecule has 1 saturated carbocycles. The summed E-state index contributed by atoms with van der Waals surface area (Å²) < 4.78 is 0. The van der Waals surface area contributed by atoms with E-state index in [1.54, 1.807) is 0 Å². The summed E-state index contributed by atoms with van der Waals surface area (Å²) in [6, 6.07) is 4.34. The van der Waals surface area contributed by atoms with Gasteiger partial charge in [0.1, 0.15) is 0 Å². The van der Waals surface area contributed by atoms with Crippen LogP contribution in [0.2, 0.25) is 0 Å². The van der Waals surface area contributed by atoms with E-state index in [1.165, 1.54) is 37.0 Å². The third-order valence-electron chi connectivity index (χ3n) is 4.07. The first-order chi connectivity index (χ1) is 8.23. The van der Waals surface area contributed by atoms with Crippen LogP contribution in [0.15, 0.2) is 17.5 Å². The van der Waals surface area contributed by atoms with Gasteiger partial charge in [0.05, 0.1) is 0 Å². The van der Waals surface area contributed by atoms with Crippen molar-refractivity contribution >= 4 is 11.3 Å². The summed E-state index contributed by atoms with van der Waals surface area (Å²) in [5.74, 6) is 0. The van der Waals surface area contributed by atoms with Gasteiger partial charge in [-0.05, 0) is 38.4 Å². The van der Waals surface area contributed by atoms with E-state index >= 15 is 0 Å². The minimum Gasteiger partial charge on any atom is -0.310 e. The molecule has 0 bridgehead atoms. The number of hydrogen-bond donors (Lipinski definition) is 1. The van der Waals surface area contributed by atoms with Crippen LogP contribution < -0.4 is 5.32 Å². The zero-order valence-corrected chi connectivity index (χ0v) is 11.9. The first-order valence-electron chi connectivity index (χ1n) is 6.63. The Labute approximate surface area is 109 Å². The number of rotatable bonds is 5. The van der Waals surface area contributed by atoms with Gasteiger partial charge < -0.3 is 10.2 Å². The molecule has 0 spiro atoms. The van der Waals surface area contributed by atoms with Gasteiger partial charge in [-0.3, -0.25) is 0 Å². The highest BCUT2D eigenvalue weighted by Gasteiger charge is 2.33. The molecular formula is C14H24N2S. The monoisotopic (exact) mass is 252 g/mol. The number of thiophene rings is 1. The first-order valence-corrected chi connectivity index (χ1v) is 7.51. The molecule has 0 amide bonds. The van der Waals surface area contributed by atoms with E-state index in [0.29, 0.717) is 5.54 Å². The van der Waals surface area contributed by atoms with Gasteiger partial charge in [-0.25, -0.2) is 0 Å². The third kappa shape index (κ3) is 3.30. The molecule has 1 fully saturated rings. The Kier molecular flexibility index (Phi) is 4.60. The van der Waals surface area contributed by atoms with Crippen molar-refractivity contribution in [2.24, 2.45) is 0 Å². The lowest BCUT2D eigenvalue weighted by Gasteiger charge is -2.43. The van der Waals surface area contributed by atoms with Gasteiger partial charge in [0, 0.05) is 23.5 Å². The molecule has 0 aromatic carbocycles. The van der Waals surface area contributed by atoms with E-state index < -0.39 is 0 Å². The van der Waals surface area contributed by atoms with Gasteiger partial charge in [0.2, 0.25) is 0 Å². The predicted octanol–water partition coefficient (Wildman–Crippen LogP) is 3.10. The molecule has 2 rings (SSSR count). The van der Waals surface area contributed by atoms with Gasteiger partial charge in [-0.1, -0.05) is 25.3 Å². The van der Waals surface area contributed by atoms with Gasteiger partial charge in [0.25, 0.3) is 0 Å². The van der Waals surface area contributed by atoms with Gasteiger partial charge >= 0.3 is 0 Å². The molecule has 1 aliphatic carbocycles. The molecule has 96 valence electrons. The van der Waals surface area contributed by atoms with Crippen LogP contribution in [0.1, 0.15) is 37.0 Å². The van der Waals surface area contributed by atoms with Crippen molar-refractivity contribution in [3.63, 3.8) is 0 Å². The van der Waals surface area contributed by atoms with Crippen LogP contribution in [0.25, 0.3) is 0 Å². The Balaban J connectivity index is 1.85. The van der Waals surface area contributed by atoms with Crippen molar-refractivity contribution in [1.29, 1.82) is 0 Å². The number of nitrogens with zero attached hydrogens (tertiary/aromatic N) is 1. The normalized spacial score (nSPS) is 19.7. The Hall–Kier alpha value is -0.380. The predicted molar refractivity (Wildman–Crippen MR) is 75.5 cm³/mol. The SMILES string of the molecule is CN(C)C1(CNCc2cccs2)CCCCC1. The van der Waals surface area contributed by atoms with Crippen LogP contribution in [0.3, 0.4) is 0 Å². The van der Waals surface area contributed by atoms with Gasteiger partial charge in [-0.15, -0.1) is 11.3 Å². The molecule has 0 atom stereocenters.